The third-order valence-corrected chi connectivity index (χ3v) is 8.73. The second-order valence-electron chi connectivity index (χ2n) is 7.31. The van der Waals surface area contributed by atoms with E-state index in [4.69, 9.17) is 4.43 Å². The van der Waals surface area contributed by atoms with E-state index in [1.54, 1.807) is 0 Å². The van der Waals surface area contributed by atoms with Crippen LogP contribution < -0.4 is 4.43 Å². The third kappa shape index (κ3) is 3.50. The SMILES string of the molecule is Cc1c[nH]c(C(=O)c2ccc(O[Si](C)(C)C(C)(C)C)cc2)c1. The number of hydrogen-bond acceptors (Lipinski definition) is 2. The molecule has 1 N–H and O–H groups in total. The fourth-order valence-electron chi connectivity index (χ4n) is 1.91. The molecule has 0 radical (unpaired) electrons. The number of aryl methyl sites for hydroxylation is 1. The van der Waals surface area contributed by atoms with Crippen LogP contribution in [0.5, 0.6) is 5.75 Å². The average molecular weight is 315 g/mol. The molecule has 0 unspecified atom stereocenters. The monoisotopic (exact) mass is 315 g/mol. The van der Waals surface area contributed by atoms with Gasteiger partial charge in [0.1, 0.15) is 5.75 Å². The molecule has 0 atom stereocenters. The quantitative estimate of drug-likeness (QED) is 0.641. The van der Waals surface area contributed by atoms with Gasteiger partial charge in [0.05, 0.1) is 5.69 Å². The second-order valence-corrected chi connectivity index (χ2v) is 12.0. The van der Waals surface area contributed by atoms with Crippen molar-refractivity contribution in [1.82, 2.24) is 4.98 Å². The lowest BCUT2D eigenvalue weighted by Gasteiger charge is -2.36. The van der Waals surface area contributed by atoms with E-state index in [1.165, 1.54) is 0 Å². The zero-order valence-corrected chi connectivity index (χ0v) is 15.3. The van der Waals surface area contributed by atoms with Gasteiger partial charge in [-0.2, -0.15) is 0 Å². The zero-order valence-electron chi connectivity index (χ0n) is 14.3. The molecule has 0 aliphatic rings. The molecular weight excluding hydrogens is 290 g/mol. The Morgan fingerprint density at radius 1 is 1.14 bits per heavy atom. The number of nitrogens with one attached hydrogen (secondary N) is 1. The largest absolute Gasteiger partial charge is 0.544 e. The first-order valence-corrected chi connectivity index (χ1v) is 10.5. The molecule has 1 heterocycles. The highest BCUT2D eigenvalue weighted by Gasteiger charge is 2.38. The summed E-state index contributed by atoms with van der Waals surface area (Å²) in [6, 6.07) is 9.32. The Hall–Kier alpha value is -1.81. The Bertz CT molecular complexity index is 663. The number of carbonyl (C=O) groups excluding carboxylic acids is 1. The van der Waals surface area contributed by atoms with Gasteiger partial charge in [-0.05, 0) is 61.0 Å². The van der Waals surface area contributed by atoms with Crippen LogP contribution >= 0.6 is 0 Å². The summed E-state index contributed by atoms with van der Waals surface area (Å²) < 4.78 is 6.23. The molecule has 3 nitrogen and oxygen atoms in total. The second kappa shape index (κ2) is 5.76. The molecular formula is C18H25NO2Si. The summed E-state index contributed by atoms with van der Waals surface area (Å²) in [7, 11) is -1.84. The molecule has 1 aromatic carbocycles. The lowest BCUT2D eigenvalue weighted by molar-refractivity contribution is 0.103. The number of ketones is 1. The summed E-state index contributed by atoms with van der Waals surface area (Å²) in [5.41, 5.74) is 2.35. The predicted octanol–water partition coefficient (Wildman–Crippen LogP) is 4.94. The van der Waals surface area contributed by atoms with Gasteiger partial charge in [0, 0.05) is 11.8 Å². The molecule has 0 saturated heterocycles. The highest BCUT2D eigenvalue weighted by Crippen LogP contribution is 2.37. The van der Waals surface area contributed by atoms with Crippen molar-refractivity contribution >= 4 is 14.1 Å². The molecule has 22 heavy (non-hydrogen) atoms. The van der Waals surface area contributed by atoms with Gasteiger partial charge >= 0.3 is 0 Å². The van der Waals surface area contributed by atoms with Gasteiger partial charge in [-0.3, -0.25) is 4.79 Å². The van der Waals surface area contributed by atoms with Crippen molar-refractivity contribution < 1.29 is 9.22 Å². The fraction of sp³-hybridized carbons (Fsp3) is 0.389. The van der Waals surface area contributed by atoms with Crippen LogP contribution in [0.1, 0.15) is 42.4 Å². The van der Waals surface area contributed by atoms with E-state index in [0.29, 0.717) is 11.3 Å². The summed E-state index contributed by atoms with van der Waals surface area (Å²) in [6.45, 7) is 13.0. The van der Waals surface area contributed by atoms with Gasteiger partial charge in [0.2, 0.25) is 14.1 Å². The van der Waals surface area contributed by atoms with Crippen molar-refractivity contribution in [2.24, 2.45) is 0 Å². The average Bonchev–Trinajstić information content (AvgIpc) is 2.84. The Morgan fingerprint density at radius 2 is 1.73 bits per heavy atom. The summed E-state index contributed by atoms with van der Waals surface area (Å²) >= 11 is 0. The molecule has 118 valence electrons. The number of hydrogen-bond donors (Lipinski definition) is 1. The topological polar surface area (TPSA) is 42.1 Å². The van der Waals surface area contributed by atoms with Crippen LogP contribution in [0.4, 0.5) is 0 Å². The van der Waals surface area contributed by atoms with Gasteiger partial charge in [0.15, 0.2) is 0 Å². The fourth-order valence-corrected chi connectivity index (χ4v) is 2.94. The lowest BCUT2D eigenvalue weighted by atomic mass is 10.1. The van der Waals surface area contributed by atoms with Crippen LogP contribution in [0.3, 0.4) is 0 Å². The minimum absolute atomic E-state index is 0.00646. The molecule has 2 rings (SSSR count). The first-order valence-electron chi connectivity index (χ1n) is 7.59. The van der Waals surface area contributed by atoms with Crippen molar-refractivity contribution in [3.8, 4) is 5.75 Å². The highest BCUT2D eigenvalue weighted by molar-refractivity contribution is 6.74. The van der Waals surface area contributed by atoms with Crippen LogP contribution in [-0.2, 0) is 0 Å². The number of H-pyrrole nitrogens is 1. The molecule has 1 aromatic heterocycles. The number of rotatable bonds is 4. The van der Waals surface area contributed by atoms with E-state index in [0.717, 1.165) is 11.3 Å². The summed E-state index contributed by atoms with van der Waals surface area (Å²) in [5.74, 6) is 0.845. The maximum Gasteiger partial charge on any atom is 0.250 e. The van der Waals surface area contributed by atoms with Crippen LogP contribution in [0.2, 0.25) is 18.1 Å². The molecule has 0 saturated carbocycles. The summed E-state index contributed by atoms with van der Waals surface area (Å²) in [5, 5.41) is 0.156. The number of carbonyl (C=O) groups is 1. The van der Waals surface area contributed by atoms with Crippen molar-refractivity contribution in [1.29, 1.82) is 0 Å². The Labute approximate surface area is 133 Å². The maximum atomic E-state index is 12.4. The Balaban J connectivity index is 2.16. The van der Waals surface area contributed by atoms with Gasteiger partial charge in [0.25, 0.3) is 0 Å². The zero-order chi connectivity index (χ0) is 16.5. The Kier molecular flexibility index (Phi) is 4.34. The molecule has 0 amide bonds. The van der Waals surface area contributed by atoms with Crippen LogP contribution in [0.15, 0.2) is 36.5 Å². The van der Waals surface area contributed by atoms with E-state index in [9.17, 15) is 4.79 Å². The first-order chi connectivity index (χ1) is 10.1. The van der Waals surface area contributed by atoms with E-state index in [2.05, 4.69) is 38.8 Å². The van der Waals surface area contributed by atoms with Crippen molar-refractivity contribution in [2.45, 2.75) is 45.8 Å². The van der Waals surface area contributed by atoms with Crippen molar-refractivity contribution in [3.05, 3.63) is 53.3 Å². The van der Waals surface area contributed by atoms with E-state index in [-0.39, 0.29) is 10.8 Å². The standard InChI is InChI=1S/C18H25NO2Si/c1-13-11-16(19-12-13)17(20)14-7-9-15(10-8-14)21-22(5,6)18(2,3)4/h7-12,19H,1-6H3. The van der Waals surface area contributed by atoms with Gasteiger partial charge in [-0.15, -0.1) is 0 Å². The smallest absolute Gasteiger partial charge is 0.250 e. The van der Waals surface area contributed by atoms with Crippen molar-refractivity contribution in [2.75, 3.05) is 0 Å². The molecule has 0 fully saturated rings. The van der Waals surface area contributed by atoms with E-state index in [1.807, 2.05) is 43.5 Å². The number of benzene rings is 1. The number of aromatic nitrogens is 1. The Morgan fingerprint density at radius 3 is 2.18 bits per heavy atom. The maximum absolute atomic E-state index is 12.4. The third-order valence-electron chi connectivity index (χ3n) is 4.37. The van der Waals surface area contributed by atoms with E-state index < -0.39 is 8.32 Å². The minimum Gasteiger partial charge on any atom is -0.544 e. The minimum atomic E-state index is -1.84. The normalized spacial score (nSPS) is 12.3. The molecule has 2 aromatic rings. The molecule has 0 bridgehead atoms. The number of aromatic amines is 1. The first kappa shape index (κ1) is 16.6. The van der Waals surface area contributed by atoms with Crippen LogP contribution in [0.25, 0.3) is 0 Å². The van der Waals surface area contributed by atoms with Crippen molar-refractivity contribution in [3.63, 3.8) is 0 Å². The van der Waals surface area contributed by atoms with Crippen LogP contribution in [0, 0.1) is 6.92 Å². The molecule has 0 aliphatic carbocycles. The predicted molar refractivity (Wildman–Crippen MR) is 93.2 cm³/mol. The molecule has 0 aliphatic heterocycles. The van der Waals surface area contributed by atoms with Gasteiger partial charge in [-0.25, -0.2) is 0 Å². The van der Waals surface area contributed by atoms with Gasteiger partial charge in [-0.1, -0.05) is 20.8 Å². The lowest BCUT2D eigenvalue weighted by Crippen LogP contribution is -2.43. The van der Waals surface area contributed by atoms with Crippen LogP contribution in [-0.4, -0.2) is 19.1 Å². The molecule has 4 heteroatoms. The summed E-state index contributed by atoms with van der Waals surface area (Å²) in [6.07, 6.45) is 1.84. The highest BCUT2D eigenvalue weighted by atomic mass is 28.4. The summed E-state index contributed by atoms with van der Waals surface area (Å²) in [4.78, 5) is 15.4. The molecule has 0 spiro atoms. The van der Waals surface area contributed by atoms with E-state index >= 15 is 0 Å². The van der Waals surface area contributed by atoms with Gasteiger partial charge < -0.3 is 9.41 Å².